The summed E-state index contributed by atoms with van der Waals surface area (Å²) in [5.74, 6) is -0.677. The predicted octanol–water partition coefficient (Wildman–Crippen LogP) is 0.596. The summed E-state index contributed by atoms with van der Waals surface area (Å²) < 4.78 is 0. The summed E-state index contributed by atoms with van der Waals surface area (Å²) in [4.78, 5) is 36.5. The Kier molecular flexibility index (Phi) is 4.36. The SMILES string of the molecule is CCCCN1C(=O)[C@@H]2CC/C(=N\NC(N)=O)C[C@H]2C1=O. The predicted molar refractivity (Wildman–Crippen MR) is 72.6 cm³/mol. The summed E-state index contributed by atoms with van der Waals surface area (Å²) in [7, 11) is 0. The second-order valence-electron chi connectivity index (χ2n) is 5.29. The number of rotatable bonds is 4. The van der Waals surface area contributed by atoms with Crippen molar-refractivity contribution in [1.29, 1.82) is 0 Å². The first-order chi connectivity index (χ1) is 9.54. The number of imide groups is 1. The van der Waals surface area contributed by atoms with Crippen LogP contribution in [0.1, 0.15) is 39.0 Å². The Hall–Kier alpha value is -1.92. The molecule has 2 atom stereocenters. The monoisotopic (exact) mass is 280 g/mol. The van der Waals surface area contributed by atoms with Crippen molar-refractivity contribution in [3.63, 3.8) is 0 Å². The number of hydrogen-bond donors (Lipinski definition) is 2. The van der Waals surface area contributed by atoms with E-state index in [1.165, 1.54) is 4.90 Å². The second kappa shape index (κ2) is 6.02. The fourth-order valence-corrected chi connectivity index (χ4v) is 2.86. The van der Waals surface area contributed by atoms with Gasteiger partial charge < -0.3 is 5.73 Å². The van der Waals surface area contributed by atoms with Gasteiger partial charge in [0.2, 0.25) is 11.8 Å². The highest BCUT2D eigenvalue weighted by molar-refractivity contribution is 6.08. The zero-order chi connectivity index (χ0) is 14.7. The average Bonchev–Trinajstić information content (AvgIpc) is 2.66. The molecule has 2 aliphatic rings. The first-order valence-electron chi connectivity index (χ1n) is 7.00. The number of carbonyl (C=O) groups is 3. The van der Waals surface area contributed by atoms with E-state index in [4.69, 9.17) is 5.73 Å². The first kappa shape index (κ1) is 14.5. The zero-order valence-electron chi connectivity index (χ0n) is 11.6. The summed E-state index contributed by atoms with van der Waals surface area (Å²) >= 11 is 0. The Morgan fingerprint density at radius 2 is 2.10 bits per heavy atom. The molecule has 7 heteroatoms. The minimum absolute atomic E-state index is 0.0460. The van der Waals surface area contributed by atoms with Crippen LogP contribution in [0.2, 0.25) is 0 Å². The maximum atomic E-state index is 12.3. The number of amides is 4. The molecule has 1 heterocycles. The van der Waals surface area contributed by atoms with E-state index in [2.05, 4.69) is 10.5 Å². The van der Waals surface area contributed by atoms with E-state index in [1.54, 1.807) is 0 Å². The standard InChI is InChI=1S/C13H20N4O3/c1-2-3-6-17-11(18)9-5-4-8(15-16-13(14)20)7-10(9)12(17)19/h9-10H,2-7H2,1H3,(H3,14,16,20)/b15-8+/t9-,10-/m1/s1. The fourth-order valence-electron chi connectivity index (χ4n) is 2.86. The third kappa shape index (κ3) is 2.81. The quantitative estimate of drug-likeness (QED) is 0.581. The minimum Gasteiger partial charge on any atom is -0.350 e. The molecule has 0 bridgehead atoms. The first-order valence-corrected chi connectivity index (χ1v) is 7.00. The lowest BCUT2D eigenvalue weighted by Gasteiger charge is -2.21. The number of urea groups is 1. The summed E-state index contributed by atoms with van der Waals surface area (Å²) in [6, 6.07) is -0.724. The Morgan fingerprint density at radius 3 is 2.75 bits per heavy atom. The molecule has 4 amide bonds. The number of nitrogens with zero attached hydrogens (tertiary/aromatic N) is 2. The van der Waals surface area contributed by atoms with Crippen molar-refractivity contribution in [2.75, 3.05) is 6.54 Å². The van der Waals surface area contributed by atoms with E-state index in [-0.39, 0.29) is 23.7 Å². The third-order valence-electron chi connectivity index (χ3n) is 3.91. The van der Waals surface area contributed by atoms with Gasteiger partial charge in [-0.05, 0) is 25.7 Å². The number of nitrogens with one attached hydrogen (secondary N) is 1. The molecule has 20 heavy (non-hydrogen) atoms. The van der Waals surface area contributed by atoms with Crippen molar-refractivity contribution in [3.8, 4) is 0 Å². The van der Waals surface area contributed by atoms with Crippen LogP contribution in [0.5, 0.6) is 0 Å². The summed E-state index contributed by atoms with van der Waals surface area (Å²) in [5, 5.41) is 3.90. The second-order valence-corrected chi connectivity index (χ2v) is 5.29. The van der Waals surface area contributed by atoms with Crippen LogP contribution >= 0.6 is 0 Å². The molecule has 2 rings (SSSR count). The highest BCUT2D eigenvalue weighted by Gasteiger charge is 2.49. The lowest BCUT2D eigenvalue weighted by atomic mass is 9.80. The lowest BCUT2D eigenvalue weighted by molar-refractivity contribution is -0.139. The molecule has 0 aromatic heterocycles. The van der Waals surface area contributed by atoms with Gasteiger partial charge in [-0.1, -0.05) is 13.3 Å². The number of likely N-dealkylation sites (tertiary alicyclic amines) is 1. The average molecular weight is 280 g/mol. The number of unbranched alkanes of at least 4 members (excludes halogenated alkanes) is 1. The van der Waals surface area contributed by atoms with Crippen LogP contribution in [0.3, 0.4) is 0 Å². The van der Waals surface area contributed by atoms with Gasteiger partial charge >= 0.3 is 6.03 Å². The van der Waals surface area contributed by atoms with E-state index >= 15 is 0 Å². The van der Waals surface area contributed by atoms with Crippen molar-refractivity contribution in [3.05, 3.63) is 0 Å². The Morgan fingerprint density at radius 1 is 1.40 bits per heavy atom. The molecular weight excluding hydrogens is 260 g/mol. The number of primary amides is 1. The van der Waals surface area contributed by atoms with Gasteiger partial charge in [-0.2, -0.15) is 5.10 Å². The van der Waals surface area contributed by atoms with Crippen LogP contribution in [0.4, 0.5) is 4.79 Å². The number of nitrogens with two attached hydrogens (primary N) is 1. The highest BCUT2D eigenvalue weighted by Crippen LogP contribution is 2.37. The zero-order valence-corrected chi connectivity index (χ0v) is 11.6. The molecule has 2 fully saturated rings. The topological polar surface area (TPSA) is 105 Å². The van der Waals surface area contributed by atoms with Gasteiger partial charge in [-0.3, -0.25) is 14.5 Å². The van der Waals surface area contributed by atoms with Gasteiger partial charge in [0.1, 0.15) is 0 Å². The summed E-state index contributed by atoms with van der Waals surface area (Å²) in [5.41, 5.74) is 7.87. The molecule has 0 aromatic rings. The van der Waals surface area contributed by atoms with E-state index in [1.807, 2.05) is 6.92 Å². The van der Waals surface area contributed by atoms with Gasteiger partial charge in [0.25, 0.3) is 0 Å². The molecule has 1 saturated carbocycles. The van der Waals surface area contributed by atoms with E-state index in [9.17, 15) is 14.4 Å². The van der Waals surface area contributed by atoms with E-state index < -0.39 is 6.03 Å². The van der Waals surface area contributed by atoms with Crippen molar-refractivity contribution in [2.45, 2.75) is 39.0 Å². The molecule has 0 radical (unpaired) electrons. The van der Waals surface area contributed by atoms with Crippen LogP contribution in [-0.4, -0.2) is 35.0 Å². The summed E-state index contributed by atoms with van der Waals surface area (Å²) in [6.07, 6.45) is 3.43. The fraction of sp³-hybridized carbons (Fsp3) is 0.692. The van der Waals surface area contributed by atoms with Crippen LogP contribution in [-0.2, 0) is 9.59 Å². The number of hydrogen-bond acceptors (Lipinski definition) is 4. The van der Waals surface area contributed by atoms with Crippen molar-refractivity contribution in [1.82, 2.24) is 10.3 Å². The Balaban J connectivity index is 2.05. The van der Waals surface area contributed by atoms with Crippen LogP contribution in [0.15, 0.2) is 5.10 Å². The maximum Gasteiger partial charge on any atom is 0.332 e. The maximum absolute atomic E-state index is 12.3. The van der Waals surface area contributed by atoms with Gasteiger partial charge in [0, 0.05) is 12.3 Å². The van der Waals surface area contributed by atoms with Gasteiger partial charge in [0.15, 0.2) is 0 Å². The molecule has 0 aromatic carbocycles. The number of carbonyl (C=O) groups excluding carboxylic acids is 3. The number of fused-ring (bicyclic) bond motifs is 1. The smallest absolute Gasteiger partial charge is 0.332 e. The normalized spacial score (nSPS) is 27.9. The lowest BCUT2D eigenvalue weighted by Crippen LogP contribution is -2.32. The van der Waals surface area contributed by atoms with Gasteiger partial charge in [0.05, 0.1) is 11.8 Å². The van der Waals surface area contributed by atoms with Gasteiger partial charge in [-0.15, -0.1) is 0 Å². The Labute approximate surface area is 117 Å². The molecule has 0 spiro atoms. The van der Waals surface area contributed by atoms with E-state index in [0.29, 0.717) is 25.8 Å². The molecule has 0 unspecified atom stereocenters. The molecule has 3 N–H and O–H groups in total. The van der Waals surface area contributed by atoms with Crippen molar-refractivity contribution in [2.24, 2.45) is 22.7 Å². The highest BCUT2D eigenvalue weighted by atomic mass is 16.2. The van der Waals surface area contributed by atoms with Crippen LogP contribution in [0.25, 0.3) is 0 Å². The van der Waals surface area contributed by atoms with Crippen molar-refractivity contribution < 1.29 is 14.4 Å². The molecule has 110 valence electrons. The largest absolute Gasteiger partial charge is 0.350 e. The molecule has 1 saturated heterocycles. The molecular formula is C13H20N4O3. The third-order valence-corrected chi connectivity index (χ3v) is 3.91. The number of hydrazone groups is 1. The van der Waals surface area contributed by atoms with Crippen molar-refractivity contribution >= 4 is 23.6 Å². The molecule has 7 nitrogen and oxygen atoms in total. The minimum atomic E-state index is -0.724. The van der Waals surface area contributed by atoms with E-state index in [0.717, 1.165) is 18.6 Å². The molecule has 1 aliphatic carbocycles. The van der Waals surface area contributed by atoms with Crippen LogP contribution < -0.4 is 11.2 Å². The summed E-state index contributed by atoms with van der Waals surface area (Å²) in [6.45, 7) is 2.53. The molecule has 1 aliphatic heterocycles. The van der Waals surface area contributed by atoms with Gasteiger partial charge in [-0.25, -0.2) is 10.2 Å². The van der Waals surface area contributed by atoms with Crippen LogP contribution in [0, 0.1) is 11.8 Å². The Bertz CT molecular complexity index is 461.